The third kappa shape index (κ3) is 3.62. The summed E-state index contributed by atoms with van der Waals surface area (Å²) in [5, 5.41) is 0. The van der Waals surface area contributed by atoms with Crippen LogP contribution in [0.4, 0.5) is 0 Å². The molecule has 0 spiro atoms. The number of para-hydroxylation sites is 1. The lowest BCUT2D eigenvalue weighted by atomic mass is 9.94. The van der Waals surface area contributed by atoms with Gasteiger partial charge in [0.1, 0.15) is 5.60 Å². The molecule has 2 aliphatic rings. The number of benzene rings is 1. The second kappa shape index (κ2) is 6.42. The number of rotatable bonds is 4. The first-order valence-corrected chi connectivity index (χ1v) is 8.66. The van der Waals surface area contributed by atoms with Gasteiger partial charge in [-0.15, -0.1) is 0 Å². The Kier molecular flexibility index (Phi) is 4.51. The molecule has 0 radical (unpaired) electrons. The Bertz CT molecular complexity index is 576. The minimum Gasteiger partial charge on any atom is -0.483 e. The smallest absolute Gasteiger partial charge is 0.260 e. The first-order valence-electron chi connectivity index (χ1n) is 8.66. The van der Waals surface area contributed by atoms with Gasteiger partial charge in [-0.2, -0.15) is 0 Å². The number of likely N-dealkylation sites (N-methyl/N-ethyl adjacent to an activating group) is 1. The van der Waals surface area contributed by atoms with Gasteiger partial charge in [-0.05, 0) is 32.8 Å². The van der Waals surface area contributed by atoms with Gasteiger partial charge in [0.2, 0.25) is 0 Å². The lowest BCUT2D eigenvalue weighted by Gasteiger charge is -2.31. The first kappa shape index (κ1) is 16.2. The SMILES string of the molecule is CN(C(=O)COc1cccc2c1OC(C)(C)C2)C1CCCCC1. The monoisotopic (exact) mass is 317 g/mol. The van der Waals surface area contributed by atoms with Crippen LogP contribution in [0.5, 0.6) is 11.5 Å². The molecule has 0 unspecified atom stereocenters. The van der Waals surface area contributed by atoms with E-state index in [2.05, 4.69) is 19.9 Å². The molecule has 1 aromatic carbocycles. The molecule has 3 rings (SSSR count). The molecule has 1 saturated carbocycles. The second-order valence-corrected chi connectivity index (χ2v) is 7.37. The van der Waals surface area contributed by atoms with Crippen LogP contribution in [0.2, 0.25) is 0 Å². The van der Waals surface area contributed by atoms with Crippen molar-refractivity contribution in [3.05, 3.63) is 23.8 Å². The fourth-order valence-corrected chi connectivity index (χ4v) is 3.61. The van der Waals surface area contributed by atoms with Gasteiger partial charge in [0, 0.05) is 25.1 Å². The van der Waals surface area contributed by atoms with E-state index >= 15 is 0 Å². The number of ether oxygens (including phenoxy) is 2. The predicted molar refractivity (Wildman–Crippen MR) is 90.0 cm³/mol. The predicted octanol–water partition coefficient (Wildman–Crippen LogP) is 3.57. The molecule has 4 heteroatoms. The maximum atomic E-state index is 12.4. The summed E-state index contributed by atoms with van der Waals surface area (Å²) in [5.41, 5.74) is 0.950. The molecule has 0 bridgehead atoms. The molecular formula is C19H27NO3. The van der Waals surface area contributed by atoms with E-state index in [0.717, 1.165) is 30.6 Å². The highest BCUT2D eigenvalue weighted by Crippen LogP contribution is 2.41. The molecule has 126 valence electrons. The zero-order valence-electron chi connectivity index (χ0n) is 14.4. The maximum Gasteiger partial charge on any atom is 0.260 e. The first-order chi connectivity index (χ1) is 11.0. The van der Waals surface area contributed by atoms with Crippen LogP contribution in [-0.4, -0.2) is 36.1 Å². The number of hydrogen-bond donors (Lipinski definition) is 0. The van der Waals surface area contributed by atoms with E-state index in [4.69, 9.17) is 9.47 Å². The van der Waals surface area contributed by atoms with E-state index in [0.29, 0.717) is 11.8 Å². The van der Waals surface area contributed by atoms with Crippen LogP contribution in [0.1, 0.15) is 51.5 Å². The minimum atomic E-state index is -0.204. The summed E-state index contributed by atoms with van der Waals surface area (Å²) in [7, 11) is 1.90. The van der Waals surface area contributed by atoms with Crippen LogP contribution in [0.3, 0.4) is 0 Å². The summed E-state index contributed by atoms with van der Waals surface area (Å²) in [6.45, 7) is 4.21. The van der Waals surface area contributed by atoms with Gasteiger partial charge < -0.3 is 14.4 Å². The molecule has 1 aromatic rings. The molecule has 0 N–H and O–H groups in total. The van der Waals surface area contributed by atoms with Crippen LogP contribution in [-0.2, 0) is 11.2 Å². The van der Waals surface area contributed by atoms with Crippen LogP contribution in [0, 0.1) is 0 Å². The summed E-state index contributed by atoms with van der Waals surface area (Å²) in [4.78, 5) is 14.3. The highest BCUT2D eigenvalue weighted by molar-refractivity contribution is 5.78. The topological polar surface area (TPSA) is 38.8 Å². The highest BCUT2D eigenvalue weighted by Gasteiger charge is 2.32. The fourth-order valence-electron chi connectivity index (χ4n) is 3.61. The van der Waals surface area contributed by atoms with Crippen molar-refractivity contribution in [2.75, 3.05) is 13.7 Å². The third-order valence-electron chi connectivity index (χ3n) is 4.92. The number of carbonyl (C=O) groups excluding carboxylic acids is 1. The molecule has 0 saturated heterocycles. The van der Waals surface area contributed by atoms with Gasteiger partial charge in [-0.1, -0.05) is 31.4 Å². The zero-order chi connectivity index (χ0) is 16.4. The van der Waals surface area contributed by atoms with E-state index < -0.39 is 0 Å². The molecule has 0 aromatic heterocycles. The average molecular weight is 317 g/mol. The minimum absolute atomic E-state index is 0.0479. The largest absolute Gasteiger partial charge is 0.483 e. The average Bonchev–Trinajstić information content (AvgIpc) is 2.87. The Balaban J connectivity index is 1.61. The molecule has 1 aliphatic carbocycles. The van der Waals surface area contributed by atoms with Crippen LogP contribution in [0.25, 0.3) is 0 Å². The molecule has 4 nitrogen and oxygen atoms in total. The van der Waals surface area contributed by atoms with Gasteiger partial charge in [-0.3, -0.25) is 4.79 Å². The summed E-state index contributed by atoms with van der Waals surface area (Å²) >= 11 is 0. The van der Waals surface area contributed by atoms with E-state index in [-0.39, 0.29) is 18.1 Å². The van der Waals surface area contributed by atoms with Crippen molar-refractivity contribution in [1.82, 2.24) is 4.90 Å². The van der Waals surface area contributed by atoms with Gasteiger partial charge in [-0.25, -0.2) is 0 Å². The molecule has 1 fully saturated rings. The fraction of sp³-hybridized carbons (Fsp3) is 0.632. The molecular weight excluding hydrogens is 290 g/mol. The highest BCUT2D eigenvalue weighted by atomic mass is 16.5. The standard InChI is InChI=1S/C19H27NO3/c1-19(2)12-14-8-7-11-16(18(14)23-19)22-13-17(21)20(3)15-9-5-4-6-10-15/h7-8,11,15H,4-6,9-10,12-13H2,1-3H3. The van der Waals surface area contributed by atoms with Crippen LogP contribution >= 0.6 is 0 Å². The summed E-state index contributed by atoms with van der Waals surface area (Å²) in [6.07, 6.45) is 6.82. The number of amides is 1. The van der Waals surface area contributed by atoms with Crippen molar-refractivity contribution >= 4 is 5.91 Å². The Morgan fingerprint density at radius 2 is 2.04 bits per heavy atom. The zero-order valence-corrected chi connectivity index (χ0v) is 14.4. The van der Waals surface area contributed by atoms with E-state index in [1.54, 1.807) is 0 Å². The molecule has 1 aliphatic heterocycles. The van der Waals surface area contributed by atoms with E-state index in [1.165, 1.54) is 19.3 Å². The quantitative estimate of drug-likeness (QED) is 0.852. The molecule has 23 heavy (non-hydrogen) atoms. The van der Waals surface area contributed by atoms with Crippen molar-refractivity contribution in [2.45, 2.75) is 64.0 Å². The van der Waals surface area contributed by atoms with Crippen LogP contribution in [0.15, 0.2) is 18.2 Å². The van der Waals surface area contributed by atoms with Crippen LogP contribution < -0.4 is 9.47 Å². The lowest BCUT2D eigenvalue weighted by Crippen LogP contribution is -2.40. The third-order valence-corrected chi connectivity index (χ3v) is 4.92. The van der Waals surface area contributed by atoms with Gasteiger partial charge >= 0.3 is 0 Å². The Morgan fingerprint density at radius 1 is 1.30 bits per heavy atom. The Hall–Kier alpha value is -1.71. The van der Waals surface area contributed by atoms with Crippen molar-refractivity contribution in [2.24, 2.45) is 0 Å². The number of hydrogen-bond acceptors (Lipinski definition) is 3. The van der Waals surface area contributed by atoms with Gasteiger partial charge in [0.25, 0.3) is 5.91 Å². The summed E-state index contributed by atoms with van der Waals surface area (Å²) in [6, 6.07) is 6.28. The normalized spacial score (nSPS) is 19.8. The van der Waals surface area contributed by atoms with E-state index in [1.807, 2.05) is 24.1 Å². The van der Waals surface area contributed by atoms with Crippen molar-refractivity contribution in [3.63, 3.8) is 0 Å². The van der Waals surface area contributed by atoms with Gasteiger partial charge in [0.05, 0.1) is 0 Å². The Morgan fingerprint density at radius 3 is 2.78 bits per heavy atom. The van der Waals surface area contributed by atoms with Crippen molar-refractivity contribution in [3.8, 4) is 11.5 Å². The van der Waals surface area contributed by atoms with Crippen molar-refractivity contribution < 1.29 is 14.3 Å². The number of carbonyl (C=O) groups is 1. The van der Waals surface area contributed by atoms with Gasteiger partial charge in [0.15, 0.2) is 18.1 Å². The van der Waals surface area contributed by atoms with E-state index in [9.17, 15) is 4.79 Å². The summed E-state index contributed by atoms with van der Waals surface area (Å²) in [5.74, 6) is 1.52. The molecule has 1 amide bonds. The number of nitrogens with zero attached hydrogens (tertiary/aromatic N) is 1. The summed E-state index contributed by atoms with van der Waals surface area (Å²) < 4.78 is 11.8. The Labute approximate surface area is 138 Å². The number of fused-ring (bicyclic) bond motifs is 1. The second-order valence-electron chi connectivity index (χ2n) is 7.37. The maximum absolute atomic E-state index is 12.4. The molecule has 1 heterocycles. The molecule has 0 atom stereocenters. The lowest BCUT2D eigenvalue weighted by molar-refractivity contribution is -0.134. The van der Waals surface area contributed by atoms with Crippen molar-refractivity contribution in [1.29, 1.82) is 0 Å².